The quantitative estimate of drug-likeness (QED) is 0.0458. The van der Waals surface area contributed by atoms with Crippen molar-refractivity contribution in [2.24, 2.45) is 0 Å². The van der Waals surface area contributed by atoms with Crippen molar-refractivity contribution >= 4 is 145 Å². The first-order chi connectivity index (χ1) is 35.9. The zero-order valence-electron chi connectivity index (χ0n) is 41.2. The van der Waals surface area contributed by atoms with Crippen molar-refractivity contribution in [3.05, 3.63) is 261 Å². The fraction of sp³-hybridized carbons (Fsp3) is 0.0667. The number of carbonyl (C=O) groups excluding carboxylic acids is 4. The van der Waals surface area contributed by atoms with Gasteiger partial charge in [0.1, 0.15) is 57.0 Å². The summed E-state index contributed by atoms with van der Waals surface area (Å²) in [4.78, 5) is 43.3. The molecule has 0 unspecified atom stereocenters. The first-order valence-corrected chi connectivity index (χ1v) is 29.7. The van der Waals surface area contributed by atoms with Crippen molar-refractivity contribution in [2.75, 3.05) is 28.4 Å². The van der Waals surface area contributed by atoms with Gasteiger partial charge in [-0.25, -0.2) is 0 Å². The largest absolute Gasteiger partial charge is 2.00 e. The molecular formula is C60H52O8P2PdSe4. The summed E-state index contributed by atoms with van der Waals surface area (Å²) in [6.07, 6.45) is 0. The maximum absolute atomic E-state index is 10.8. The molecule has 8 aromatic carbocycles. The molecule has 0 spiro atoms. The second kappa shape index (κ2) is 32.3. The number of esters is 4. The van der Waals surface area contributed by atoms with Crippen LogP contribution in [0, 0.1) is 0 Å². The molecule has 0 bridgehead atoms. The van der Waals surface area contributed by atoms with E-state index in [1.165, 1.54) is 70.9 Å². The summed E-state index contributed by atoms with van der Waals surface area (Å²) in [6.45, 7) is 0. The summed E-state index contributed by atoms with van der Waals surface area (Å²) >= 11 is 9.66. The molecule has 384 valence electrons. The minimum Gasteiger partial charge on any atom is -0.0620 e. The molecule has 0 atom stereocenters. The first-order valence-electron chi connectivity index (χ1n) is 22.7. The topological polar surface area (TPSA) is 105 Å². The molecule has 15 heteroatoms. The Hall–Kier alpha value is -5.28. The monoisotopic (exact) mass is 1390 g/mol. The molecule has 0 fully saturated rings. The molecular weight excluding hydrogens is 1330 g/mol. The van der Waals surface area contributed by atoms with Gasteiger partial charge in [0.15, 0.2) is 0 Å². The molecule has 0 heterocycles. The van der Waals surface area contributed by atoms with Crippen molar-refractivity contribution in [2.45, 2.75) is 0 Å². The summed E-state index contributed by atoms with van der Waals surface area (Å²) in [5.74, 6) is -2.41. The maximum atomic E-state index is 10.8. The van der Waals surface area contributed by atoms with Gasteiger partial charge in [0.05, 0.1) is 0 Å². The summed E-state index contributed by atoms with van der Waals surface area (Å²) in [5.41, 5.74) is 0. The maximum Gasteiger partial charge on any atom is 2.00 e. The number of hydrogen-bond donors (Lipinski definition) is 0. The van der Waals surface area contributed by atoms with E-state index in [0.717, 1.165) is 0 Å². The number of methoxy groups -OCH3 is 4. The summed E-state index contributed by atoms with van der Waals surface area (Å²) in [5, 5.41) is 11.1. The second-order valence-electron chi connectivity index (χ2n) is 15.3. The SMILES string of the molecule is COC(=O)/C([Se-])=C(/[Se-])C(=O)OC.COC(=O)/C([Se-])=C(/[Se-])C(=O)OC.[Pd+2].c1ccc([P+](c2ccccc2)(c2ccccc2)c2ccccc2)cc1.c1ccc([P+](c2ccccc2)(c2ccccc2)c2ccccc2)cc1. The molecule has 8 rings (SSSR count). The van der Waals surface area contributed by atoms with E-state index in [9.17, 15) is 19.2 Å². The average Bonchev–Trinajstić information content (AvgIpc) is 3.48. The van der Waals surface area contributed by atoms with Crippen LogP contribution < -0.4 is 42.4 Å². The van der Waals surface area contributed by atoms with E-state index in [0.29, 0.717) is 0 Å². The Balaban J connectivity index is 0.000000229. The minimum absolute atomic E-state index is 0. The Kier molecular flexibility index (Phi) is 26.8. The fourth-order valence-corrected chi connectivity index (χ4v) is 17.7. The molecule has 0 aliphatic carbocycles. The molecule has 0 saturated heterocycles. The molecule has 0 saturated carbocycles. The number of ether oxygens (including phenoxy) is 4. The van der Waals surface area contributed by atoms with Crippen LogP contribution in [0.5, 0.6) is 0 Å². The van der Waals surface area contributed by atoms with Gasteiger partial charge in [0.2, 0.25) is 0 Å². The normalized spacial score (nSPS) is 11.1. The summed E-state index contributed by atoms with van der Waals surface area (Å²) in [7, 11) is 1.09. The molecule has 0 aromatic heterocycles. The van der Waals surface area contributed by atoms with Crippen molar-refractivity contribution in [1.82, 2.24) is 0 Å². The van der Waals surface area contributed by atoms with Crippen LogP contribution in [-0.2, 0) is 58.5 Å². The Morgan fingerprint density at radius 1 is 0.253 bits per heavy atom. The number of rotatable bonds is 12. The van der Waals surface area contributed by atoms with Crippen LogP contribution >= 0.6 is 14.5 Å². The molecule has 0 amide bonds. The van der Waals surface area contributed by atoms with Crippen LogP contribution in [0.25, 0.3) is 0 Å². The predicted octanol–water partition coefficient (Wildman–Crippen LogP) is 6.37. The molecule has 0 radical (unpaired) electrons. The zero-order valence-corrected chi connectivity index (χ0v) is 51.4. The zero-order chi connectivity index (χ0) is 53.4. The number of hydrogen-bond acceptors (Lipinski definition) is 8. The van der Waals surface area contributed by atoms with E-state index >= 15 is 0 Å². The van der Waals surface area contributed by atoms with E-state index in [2.05, 4.69) is 326 Å². The van der Waals surface area contributed by atoms with Crippen LogP contribution in [0.4, 0.5) is 0 Å². The third-order valence-electron chi connectivity index (χ3n) is 11.0. The van der Waals surface area contributed by atoms with Gasteiger partial charge in [-0.3, -0.25) is 0 Å². The van der Waals surface area contributed by atoms with Gasteiger partial charge in [-0.1, -0.05) is 146 Å². The second-order valence-corrected chi connectivity index (χ2v) is 25.5. The molecule has 8 nitrogen and oxygen atoms in total. The van der Waals surface area contributed by atoms with Gasteiger partial charge in [0, 0.05) is 0 Å². The third-order valence-corrected chi connectivity index (χ3v) is 24.0. The molecule has 0 aliphatic rings. The van der Waals surface area contributed by atoms with Gasteiger partial charge < -0.3 is 0 Å². The molecule has 0 N–H and O–H groups in total. The molecule has 0 aliphatic heterocycles. The smallest absolute Gasteiger partial charge is 0.0620 e. The van der Waals surface area contributed by atoms with Crippen molar-refractivity contribution in [3.8, 4) is 0 Å². The molecule has 75 heavy (non-hydrogen) atoms. The van der Waals surface area contributed by atoms with Gasteiger partial charge in [-0.2, -0.15) is 0 Å². The number of carbonyl (C=O) groups is 4. The van der Waals surface area contributed by atoms with Crippen LogP contribution in [0.15, 0.2) is 261 Å². The fourth-order valence-electron chi connectivity index (χ4n) is 7.74. The van der Waals surface area contributed by atoms with Crippen molar-refractivity contribution in [1.29, 1.82) is 0 Å². The van der Waals surface area contributed by atoms with Gasteiger partial charge >= 0.3 is 193 Å². The van der Waals surface area contributed by atoms with E-state index < -0.39 is 38.4 Å². The standard InChI is InChI=1S/2C24H20P.2C6H8O4Se2.Pd/c2*1-5-13-21(14-6-1)25(22-15-7-2-8-16-22,23-17-9-3-10-18-23)24-19-11-4-12-20-24;2*1-9-5(7)3(11)4(12)6(8)10-2;/h2*1-20H;2*11-12H,1-2H3;/q2*+1;;;+2/p-4/b;;2*4-3-;. The minimum atomic E-state index is -1.91. The molecule has 8 aromatic rings. The van der Waals surface area contributed by atoms with Crippen LogP contribution in [0.1, 0.15) is 0 Å². The first kappa shape index (κ1) is 62.3. The van der Waals surface area contributed by atoms with Gasteiger partial charge in [0.25, 0.3) is 0 Å². The van der Waals surface area contributed by atoms with Crippen molar-refractivity contribution in [3.63, 3.8) is 0 Å². The number of benzene rings is 8. The predicted molar refractivity (Wildman–Crippen MR) is 308 cm³/mol. The van der Waals surface area contributed by atoms with Crippen LogP contribution in [-0.4, -0.2) is 116 Å². The Morgan fingerprint density at radius 3 is 0.453 bits per heavy atom. The van der Waals surface area contributed by atoms with Crippen LogP contribution in [0.3, 0.4) is 0 Å². The Morgan fingerprint density at radius 2 is 0.360 bits per heavy atom. The van der Waals surface area contributed by atoms with E-state index in [4.69, 9.17) is 0 Å². The Bertz CT molecular complexity index is 2500. The van der Waals surface area contributed by atoms with E-state index in [-0.39, 0.29) is 38.3 Å². The van der Waals surface area contributed by atoms with Gasteiger partial charge in [-0.15, -0.1) is 0 Å². The van der Waals surface area contributed by atoms with E-state index in [1.54, 1.807) is 0 Å². The third kappa shape index (κ3) is 15.9. The average molecular weight is 1390 g/mol. The summed E-state index contributed by atoms with van der Waals surface area (Å²) < 4.78 is 17.8. The van der Waals surface area contributed by atoms with Crippen LogP contribution in [0.2, 0.25) is 0 Å². The van der Waals surface area contributed by atoms with Gasteiger partial charge in [-0.05, 0) is 97.1 Å². The van der Waals surface area contributed by atoms with Crippen molar-refractivity contribution < 1.29 is 58.5 Å². The Labute approximate surface area is 488 Å². The summed E-state index contributed by atoms with van der Waals surface area (Å²) in [6, 6.07) is 87.7. The van der Waals surface area contributed by atoms with E-state index in [1.807, 2.05) is 0 Å².